The molecule has 0 amide bonds. The van der Waals surface area contributed by atoms with E-state index in [4.69, 9.17) is 0 Å². The fourth-order valence-corrected chi connectivity index (χ4v) is 5.21. The highest BCUT2D eigenvalue weighted by Crippen LogP contribution is 2.37. The summed E-state index contributed by atoms with van der Waals surface area (Å²) >= 11 is -0.900. The van der Waals surface area contributed by atoms with Gasteiger partial charge in [0.1, 0.15) is 11.6 Å². The van der Waals surface area contributed by atoms with Gasteiger partial charge in [0, 0.05) is 34.8 Å². The lowest BCUT2D eigenvalue weighted by atomic mass is 10.0. The fourth-order valence-electron chi connectivity index (χ4n) is 3.91. The minimum absolute atomic E-state index is 0.268. The van der Waals surface area contributed by atoms with E-state index in [0.717, 1.165) is 62.7 Å². The maximum Gasteiger partial charge on any atom is 0.155 e. The van der Waals surface area contributed by atoms with Crippen molar-refractivity contribution < 1.29 is 8.94 Å². The zero-order valence-corrected chi connectivity index (χ0v) is 16.5. The quantitative estimate of drug-likeness (QED) is 0.453. The molecule has 3 heterocycles. The molecule has 1 N–H and O–H groups in total. The molecule has 1 aliphatic heterocycles. The molecule has 144 valence electrons. The van der Waals surface area contributed by atoms with Crippen LogP contribution in [0.2, 0.25) is 0 Å². The summed E-state index contributed by atoms with van der Waals surface area (Å²) in [6.07, 6.45) is 5.41. The molecule has 29 heavy (non-hydrogen) atoms. The first-order valence-electron chi connectivity index (χ1n) is 9.60. The average Bonchev–Trinajstić information content (AvgIpc) is 3.20. The summed E-state index contributed by atoms with van der Waals surface area (Å²) in [5.74, 6) is 0.473. The molecule has 0 radical (unpaired) electrons. The van der Waals surface area contributed by atoms with Crippen molar-refractivity contribution >= 4 is 11.2 Å². The summed E-state index contributed by atoms with van der Waals surface area (Å²) in [7, 11) is 0. The predicted octanol–water partition coefficient (Wildman–Crippen LogP) is 5.60. The van der Waals surface area contributed by atoms with Gasteiger partial charge in [-0.1, -0.05) is 12.1 Å². The normalized spacial score (nSPS) is 15.9. The molecule has 0 aliphatic carbocycles. The molecule has 1 aliphatic rings. The van der Waals surface area contributed by atoms with E-state index in [1.807, 2.05) is 30.3 Å². The number of hydrogen-bond donors (Lipinski definition) is 1. The van der Waals surface area contributed by atoms with Crippen molar-refractivity contribution in [2.45, 2.75) is 17.7 Å². The third-order valence-corrected chi connectivity index (χ3v) is 6.86. The SMILES string of the molecule is [O-][S+]1CCCc2cc(-c3cc(-c4ccncc4)c(-c4cccc(F)c4)[nH]3)ccc21. The van der Waals surface area contributed by atoms with Crippen LogP contribution in [-0.2, 0) is 17.6 Å². The number of nitrogens with zero attached hydrogens (tertiary/aromatic N) is 1. The summed E-state index contributed by atoms with van der Waals surface area (Å²) in [5.41, 5.74) is 6.82. The first-order chi connectivity index (χ1) is 14.2. The maximum atomic E-state index is 13.9. The molecule has 0 fully saturated rings. The summed E-state index contributed by atoms with van der Waals surface area (Å²) < 4.78 is 26.1. The van der Waals surface area contributed by atoms with Crippen LogP contribution in [0.4, 0.5) is 4.39 Å². The number of rotatable bonds is 3. The number of hydrogen-bond acceptors (Lipinski definition) is 2. The van der Waals surface area contributed by atoms with E-state index in [1.165, 1.54) is 12.1 Å². The van der Waals surface area contributed by atoms with Crippen LogP contribution in [0.3, 0.4) is 0 Å². The third kappa shape index (κ3) is 3.48. The van der Waals surface area contributed by atoms with Crippen LogP contribution in [0, 0.1) is 5.82 Å². The average molecular weight is 402 g/mol. The van der Waals surface area contributed by atoms with Crippen molar-refractivity contribution in [1.29, 1.82) is 0 Å². The van der Waals surface area contributed by atoms with E-state index in [-0.39, 0.29) is 5.82 Å². The van der Waals surface area contributed by atoms with Crippen LogP contribution in [0.5, 0.6) is 0 Å². The van der Waals surface area contributed by atoms with E-state index in [0.29, 0.717) is 0 Å². The Bertz CT molecular complexity index is 1170. The summed E-state index contributed by atoms with van der Waals surface area (Å²) in [6.45, 7) is 0. The lowest BCUT2D eigenvalue weighted by Crippen LogP contribution is -2.15. The highest BCUT2D eigenvalue weighted by molar-refractivity contribution is 7.91. The van der Waals surface area contributed by atoms with Crippen LogP contribution in [0.25, 0.3) is 33.6 Å². The Morgan fingerprint density at radius 3 is 2.62 bits per heavy atom. The third-order valence-electron chi connectivity index (χ3n) is 5.31. The van der Waals surface area contributed by atoms with E-state index in [9.17, 15) is 8.94 Å². The van der Waals surface area contributed by atoms with Gasteiger partial charge in [-0.05, 0) is 83.7 Å². The largest absolute Gasteiger partial charge is 0.611 e. The molecule has 1 atom stereocenters. The zero-order chi connectivity index (χ0) is 19.8. The Labute approximate surface area is 171 Å². The van der Waals surface area contributed by atoms with Crippen molar-refractivity contribution in [3.8, 4) is 33.6 Å². The standard InChI is InChI=1S/C24H19FN2OS/c25-20-5-1-3-19(14-20)24-21(16-8-10-26-11-9-16)15-22(27-24)17-6-7-23-18(13-17)4-2-12-29(23)28/h1,3,5-11,13-15,27H,2,4,12H2. The van der Waals surface area contributed by atoms with E-state index >= 15 is 0 Å². The molecular weight excluding hydrogens is 383 g/mol. The van der Waals surface area contributed by atoms with Gasteiger partial charge < -0.3 is 9.54 Å². The topological polar surface area (TPSA) is 51.7 Å². The number of H-pyrrole nitrogens is 1. The van der Waals surface area contributed by atoms with E-state index in [1.54, 1.807) is 18.5 Å². The van der Waals surface area contributed by atoms with Crippen molar-refractivity contribution in [2.75, 3.05) is 5.75 Å². The first kappa shape index (κ1) is 18.2. The molecule has 2 aromatic heterocycles. The monoisotopic (exact) mass is 402 g/mol. The Kier molecular flexibility index (Phi) is 4.70. The molecule has 3 nitrogen and oxygen atoms in total. The lowest BCUT2D eigenvalue weighted by Gasteiger charge is -2.19. The number of aromatic amines is 1. The molecule has 0 bridgehead atoms. The van der Waals surface area contributed by atoms with Crippen LogP contribution in [-0.4, -0.2) is 20.3 Å². The van der Waals surface area contributed by atoms with Gasteiger partial charge in [-0.15, -0.1) is 0 Å². The van der Waals surface area contributed by atoms with Crippen molar-refractivity contribution in [1.82, 2.24) is 9.97 Å². The number of pyridine rings is 1. The number of benzene rings is 2. The van der Waals surface area contributed by atoms with E-state index < -0.39 is 11.2 Å². The lowest BCUT2D eigenvalue weighted by molar-refractivity contribution is 0.585. The molecule has 0 saturated heterocycles. The Morgan fingerprint density at radius 1 is 0.931 bits per heavy atom. The van der Waals surface area contributed by atoms with Gasteiger partial charge in [0.25, 0.3) is 0 Å². The summed E-state index contributed by atoms with van der Waals surface area (Å²) in [5, 5.41) is 0. The second-order valence-electron chi connectivity index (χ2n) is 7.19. The van der Waals surface area contributed by atoms with Crippen LogP contribution in [0.1, 0.15) is 12.0 Å². The second-order valence-corrected chi connectivity index (χ2v) is 8.73. The Balaban J connectivity index is 1.65. The Morgan fingerprint density at radius 2 is 1.79 bits per heavy atom. The zero-order valence-electron chi connectivity index (χ0n) is 15.7. The Hall–Kier alpha value is -2.89. The second kappa shape index (κ2) is 7.50. The van der Waals surface area contributed by atoms with Crippen molar-refractivity contribution in [2.24, 2.45) is 0 Å². The summed E-state index contributed by atoms with van der Waals surface area (Å²) in [6, 6.07) is 18.7. The summed E-state index contributed by atoms with van der Waals surface area (Å²) in [4.78, 5) is 8.55. The predicted molar refractivity (Wildman–Crippen MR) is 114 cm³/mol. The molecular formula is C24H19FN2OS. The van der Waals surface area contributed by atoms with Crippen LogP contribution >= 0.6 is 0 Å². The molecule has 5 rings (SSSR count). The van der Waals surface area contributed by atoms with Crippen LogP contribution < -0.4 is 0 Å². The smallest absolute Gasteiger partial charge is 0.155 e. The number of fused-ring (bicyclic) bond motifs is 1. The van der Waals surface area contributed by atoms with E-state index in [2.05, 4.69) is 22.1 Å². The minimum Gasteiger partial charge on any atom is -0.611 e. The first-order valence-corrected chi connectivity index (χ1v) is 10.9. The number of aryl methyl sites for hydroxylation is 1. The molecule has 4 aromatic rings. The van der Waals surface area contributed by atoms with Gasteiger partial charge in [0.15, 0.2) is 4.90 Å². The fraction of sp³-hybridized carbons (Fsp3) is 0.125. The number of nitrogens with one attached hydrogen (secondary N) is 1. The molecule has 0 spiro atoms. The van der Waals surface area contributed by atoms with Gasteiger partial charge in [0.2, 0.25) is 0 Å². The minimum atomic E-state index is -0.900. The van der Waals surface area contributed by atoms with Gasteiger partial charge in [-0.25, -0.2) is 4.39 Å². The van der Waals surface area contributed by atoms with Gasteiger partial charge in [0.05, 0.1) is 5.69 Å². The molecule has 0 saturated carbocycles. The van der Waals surface area contributed by atoms with Gasteiger partial charge in [-0.2, -0.15) is 0 Å². The van der Waals surface area contributed by atoms with Crippen molar-refractivity contribution in [3.05, 3.63) is 84.4 Å². The highest BCUT2D eigenvalue weighted by atomic mass is 32.2. The maximum absolute atomic E-state index is 13.9. The molecule has 5 heteroatoms. The molecule has 1 unspecified atom stereocenters. The highest BCUT2D eigenvalue weighted by Gasteiger charge is 2.22. The number of aromatic nitrogens is 2. The van der Waals surface area contributed by atoms with Crippen LogP contribution in [0.15, 0.2) is 78.0 Å². The van der Waals surface area contributed by atoms with Gasteiger partial charge in [-0.3, -0.25) is 4.98 Å². The van der Waals surface area contributed by atoms with Gasteiger partial charge >= 0.3 is 0 Å². The van der Waals surface area contributed by atoms with Crippen molar-refractivity contribution in [3.63, 3.8) is 0 Å². The number of halogens is 1. The molecule has 2 aromatic carbocycles.